The van der Waals surface area contributed by atoms with Crippen LogP contribution in [0.4, 0.5) is 5.69 Å². The average Bonchev–Trinajstić information content (AvgIpc) is 2.18. The minimum atomic E-state index is -3.73. The highest BCUT2D eigenvalue weighted by atomic mass is 32.2. The molecule has 0 fully saturated rings. The minimum Gasteiger partial charge on any atom is -0.273 e. The van der Waals surface area contributed by atoms with Gasteiger partial charge in [0.25, 0.3) is 15.8 Å². The van der Waals surface area contributed by atoms with E-state index >= 15 is 0 Å². The van der Waals surface area contributed by atoms with E-state index in [2.05, 4.69) is 4.18 Å². The van der Waals surface area contributed by atoms with Crippen LogP contribution in [-0.4, -0.2) is 20.5 Å². The van der Waals surface area contributed by atoms with Crippen LogP contribution in [0.15, 0.2) is 24.3 Å². The van der Waals surface area contributed by atoms with Crippen molar-refractivity contribution in [1.29, 1.82) is 0 Å². The molecular weight excluding hydrogens is 222 g/mol. The molecule has 0 heterocycles. The third kappa shape index (κ3) is 3.00. The molecule has 82 valence electrons. The molecule has 0 aromatic heterocycles. The lowest BCUT2D eigenvalue weighted by atomic mass is 10.2. The van der Waals surface area contributed by atoms with Crippen molar-refractivity contribution in [1.82, 2.24) is 0 Å². The highest BCUT2D eigenvalue weighted by Crippen LogP contribution is 2.20. The van der Waals surface area contributed by atoms with Gasteiger partial charge in [-0.05, 0) is 0 Å². The Morgan fingerprint density at radius 1 is 1.40 bits per heavy atom. The highest BCUT2D eigenvalue weighted by Gasteiger charge is 2.18. The van der Waals surface area contributed by atoms with Crippen LogP contribution in [0.2, 0.25) is 0 Å². The van der Waals surface area contributed by atoms with E-state index in [0.29, 0.717) is 0 Å². The Bertz CT molecular complexity index is 468. The molecule has 0 aliphatic carbocycles. The van der Waals surface area contributed by atoms with Crippen molar-refractivity contribution in [2.24, 2.45) is 0 Å². The van der Waals surface area contributed by atoms with Gasteiger partial charge in [-0.3, -0.25) is 14.3 Å². The molecule has 0 aliphatic rings. The second-order valence-corrected chi connectivity index (χ2v) is 4.49. The Morgan fingerprint density at radius 2 is 2.00 bits per heavy atom. The second-order valence-electron chi connectivity index (χ2n) is 2.75. The van der Waals surface area contributed by atoms with Gasteiger partial charge in [0.05, 0.1) is 12.0 Å². The first-order valence-corrected chi connectivity index (χ1v) is 5.54. The van der Waals surface area contributed by atoms with Crippen molar-refractivity contribution in [3.8, 4) is 0 Å². The van der Waals surface area contributed by atoms with Crippen molar-refractivity contribution in [3.63, 3.8) is 0 Å². The molecule has 0 N–H and O–H groups in total. The summed E-state index contributed by atoms with van der Waals surface area (Å²) in [6.07, 6.45) is 0. The van der Waals surface area contributed by atoms with Crippen LogP contribution in [0.3, 0.4) is 0 Å². The fourth-order valence-electron chi connectivity index (χ4n) is 1.06. The minimum absolute atomic E-state index is 0.115. The maximum atomic E-state index is 11.1. The van der Waals surface area contributed by atoms with Gasteiger partial charge >= 0.3 is 0 Å². The Morgan fingerprint density at radius 3 is 2.53 bits per heavy atom. The lowest BCUT2D eigenvalue weighted by Gasteiger charge is -2.02. The molecule has 0 atom stereocenters. The van der Waals surface area contributed by atoms with Crippen molar-refractivity contribution in [2.75, 3.05) is 7.11 Å². The Balaban J connectivity index is 3.10. The number of para-hydroxylation sites is 1. The van der Waals surface area contributed by atoms with Gasteiger partial charge in [-0.2, -0.15) is 8.42 Å². The van der Waals surface area contributed by atoms with Crippen molar-refractivity contribution < 1.29 is 17.5 Å². The second kappa shape index (κ2) is 4.37. The zero-order chi connectivity index (χ0) is 11.5. The number of nitro benzene ring substituents is 1. The van der Waals surface area contributed by atoms with E-state index in [4.69, 9.17) is 0 Å². The molecule has 7 heteroatoms. The smallest absolute Gasteiger partial charge is 0.273 e. The SMILES string of the molecule is COS(=O)(=O)Cc1ccccc1[N+](=O)[O-]. The largest absolute Gasteiger partial charge is 0.273 e. The predicted octanol–water partition coefficient (Wildman–Crippen LogP) is 1.07. The zero-order valence-electron chi connectivity index (χ0n) is 7.91. The summed E-state index contributed by atoms with van der Waals surface area (Å²) in [5.74, 6) is -0.499. The first-order chi connectivity index (χ1) is 6.96. The molecule has 0 amide bonds. The van der Waals surface area contributed by atoms with Crippen LogP contribution in [0.1, 0.15) is 5.56 Å². The third-order valence-electron chi connectivity index (χ3n) is 1.77. The van der Waals surface area contributed by atoms with Gasteiger partial charge in [0.2, 0.25) is 0 Å². The summed E-state index contributed by atoms with van der Waals surface area (Å²) in [7, 11) is -2.72. The molecule has 0 aliphatic heterocycles. The maximum Gasteiger partial charge on any atom is 0.273 e. The predicted molar refractivity (Wildman–Crippen MR) is 52.7 cm³/mol. The fourth-order valence-corrected chi connectivity index (χ4v) is 1.80. The summed E-state index contributed by atoms with van der Waals surface area (Å²) in [5.41, 5.74) is -0.109. The molecule has 0 spiro atoms. The molecule has 15 heavy (non-hydrogen) atoms. The molecule has 1 rings (SSSR count). The van der Waals surface area contributed by atoms with E-state index < -0.39 is 20.8 Å². The average molecular weight is 231 g/mol. The summed E-state index contributed by atoms with van der Waals surface area (Å²) in [6, 6.07) is 5.64. The number of hydrogen-bond acceptors (Lipinski definition) is 5. The quantitative estimate of drug-likeness (QED) is 0.439. The first kappa shape index (κ1) is 11.6. The molecule has 6 nitrogen and oxygen atoms in total. The van der Waals surface area contributed by atoms with Gasteiger partial charge in [-0.25, -0.2) is 0 Å². The third-order valence-corrected chi connectivity index (χ3v) is 2.95. The van der Waals surface area contributed by atoms with Gasteiger partial charge in [0.15, 0.2) is 0 Å². The molecule has 1 aromatic rings. The summed E-state index contributed by atoms with van der Waals surface area (Å²) < 4.78 is 26.4. The van der Waals surface area contributed by atoms with Crippen molar-refractivity contribution in [3.05, 3.63) is 39.9 Å². The van der Waals surface area contributed by atoms with Crippen molar-refractivity contribution in [2.45, 2.75) is 5.75 Å². The van der Waals surface area contributed by atoms with Crippen LogP contribution < -0.4 is 0 Å². The van der Waals surface area contributed by atoms with Gasteiger partial charge in [0, 0.05) is 11.6 Å². The van der Waals surface area contributed by atoms with Crippen molar-refractivity contribution >= 4 is 15.8 Å². The van der Waals surface area contributed by atoms with E-state index in [9.17, 15) is 18.5 Å². The molecule has 1 aromatic carbocycles. The summed E-state index contributed by atoms with van der Waals surface area (Å²) in [5, 5.41) is 10.6. The normalized spacial score (nSPS) is 11.3. The molecule has 0 saturated heterocycles. The zero-order valence-corrected chi connectivity index (χ0v) is 8.73. The van der Waals surface area contributed by atoms with Crippen LogP contribution in [0.5, 0.6) is 0 Å². The van der Waals surface area contributed by atoms with Gasteiger partial charge in [-0.15, -0.1) is 0 Å². The number of nitro groups is 1. The molecule has 0 radical (unpaired) electrons. The Hall–Kier alpha value is -1.47. The topological polar surface area (TPSA) is 86.5 Å². The summed E-state index contributed by atoms with van der Waals surface area (Å²) >= 11 is 0. The highest BCUT2D eigenvalue weighted by molar-refractivity contribution is 7.85. The van der Waals surface area contributed by atoms with Crippen LogP contribution >= 0.6 is 0 Å². The maximum absolute atomic E-state index is 11.1. The van der Waals surface area contributed by atoms with Crippen LogP contribution in [0.25, 0.3) is 0 Å². The molecular formula is C8H9NO5S. The van der Waals surface area contributed by atoms with Gasteiger partial charge in [0.1, 0.15) is 5.75 Å². The Labute approximate surface area is 86.8 Å². The lowest BCUT2D eigenvalue weighted by molar-refractivity contribution is -0.385. The van der Waals surface area contributed by atoms with E-state index in [1.165, 1.54) is 24.3 Å². The summed E-state index contributed by atoms with van der Waals surface area (Å²) in [6.45, 7) is 0. The summed E-state index contributed by atoms with van der Waals surface area (Å²) in [4.78, 5) is 9.94. The van der Waals surface area contributed by atoms with E-state index in [-0.39, 0.29) is 11.3 Å². The Kier molecular flexibility index (Phi) is 3.38. The van der Waals surface area contributed by atoms with Gasteiger partial charge in [-0.1, -0.05) is 18.2 Å². The molecule has 0 unspecified atom stereocenters. The molecule has 0 bridgehead atoms. The number of hydrogen-bond donors (Lipinski definition) is 0. The monoisotopic (exact) mass is 231 g/mol. The van der Waals surface area contributed by atoms with E-state index in [1.807, 2.05) is 0 Å². The van der Waals surface area contributed by atoms with E-state index in [0.717, 1.165) is 7.11 Å². The van der Waals surface area contributed by atoms with E-state index in [1.54, 1.807) is 0 Å². The number of benzene rings is 1. The van der Waals surface area contributed by atoms with Crippen LogP contribution in [-0.2, 0) is 20.1 Å². The standard InChI is InChI=1S/C8H9NO5S/c1-14-15(12,13)6-7-4-2-3-5-8(7)9(10)11/h2-5H,6H2,1H3. The fraction of sp³-hybridized carbons (Fsp3) is 0.250. The van der Waals surface area contributed by atoms with Gasteiger partial charge < -0.3 is 0 Å². The number of rotatable bonds is 4. The molecule has 0 saturated carbocycles. The number of nitrogens with zero attached hydrogens (tertiary/aromatic N) is 1. The lowest BCUT2D eigenvalue weighted by Crippen LogP contribution is -2.07. The van der Waals surface area contributed by atoms with Crippen LogP contribution in [0, 0.1) is 10.1 Å². The first-order valence-electron chi connectivity index (χ1n) is 3.97.